The van der Waals surface area contributed by atoms with Crippen molar-refractivity contribution in [1.82, 2.24) is 19.9 Å². The van der Waals surface area contributed by atoms with E-state index in [1.165, 1.54) is 0 Å². The highest BCUT2D eigenvalue weighted by molar-refractivity contribution is 7.90. The molecule has 1 fully saturated rings. The van der Waals surface area contributed by atoms with Gasteiger partial charge in [-0.05, 0) is 0 Å². The van der Waals surface area contributed by atoms with Gasteiger partial charge in [0.15, 0.2) is 5.13 Å². The van der Waals surface area contributed by atoms with Crippen molar-refractivity contribution in [2.75, 3.05) is 44.0 Å². The van der Waals surface area contributed by atoms with E-state index in [0.717, 1.165) is 49.1 Å². The molecule has 2 aromatic rings. The zero-order valence-corrected chi connectivity index (χ0v) is 16.6. The number of ether oxygens (including phenoxy) is 1. The number of nitrogens with zero attached hydrogens (tertiary/aromatic N) is 4. The molecule has 1 saturated heterocycles. The Morgan fingerprint density at radius 3 is 2.81 bits per heavy atom. The summed E-state index contributed by atoms with van der Waals surface area (Å²) in [7, 11) is -3.53. The molecular weight excluding hydrogens is 390 g/mol. The molecule has 0 radical (unpaired) electrons. The predicted molar refractivity (Wildman–Crippen MR) is 101 cm³/mol. The summed E-state index contributed by atoms with van der Waals surface area (Å²) in [5.41, 5.74) is 0.753. The Balaban J connectivity index is 1.47. The number of hydrogen-bond acceptors (Lipinski definition) is 9. The second-order valence-corrected chi connectivity index (χ2v) is 9.76. The van der Waals surface area contributed by atoms with Crippen molar-refractivity contribution in [3.8, 4) is 0 Å². The zero-order valence-electron chi connectivity index (χ0n) is 15.0. The second kappa shape index (κ2) is 7.30. The summed E-state index contributed by atoms with van der Waals surface area (Å²) in [4.78, 5) is 28.9. The van der Waals surface area contributed by atoms with E-state index in [2.05, 4.69) is 24.8 Å². The molecule has 0 aliphatic carbocycles. The number of thiazole rings is 1. The highest BCUT2D eigenvalue weighted by Gasteiger charge is 2.24. The summed E-state index contributed by atoms with van der Waals surface area (Å²) < 4.78 is 28.7. The van der Waals surface area contributed by atoms with Gasteiger partial charge in [0.2, 0.25) is 15.0 Å². The van der Waals surface area contributed by atoms with Crippen LogP contribution < -0.4 is 10.5 Å². The summed E-state index contributed by atoms with van der Waals surface area (Å²) in [6, 6.07) is 0. The van der Waals surface area contributed by atoms with Crippen LogP contribution in [0, 0.1) is 0 Å². The Kier molecular flexibility index (Phi) is 5.01. The van der Waals surface area contributed by atoms with E-state index in [-0.39, 0.29) is 10.7 Å². The van der Waals surface area contributed by atoms with E-state index >= 15 is 0 Å². The Bertz CT molecular complexity index is 994. The number of morpholine rings is 1. The van der Waals surface area contributed by atoms with Crippen molar-refractivity contribution in [3.05, 3.63) is 32.7 Å². The first-order valence-corrected chi connectivity index (χ1v) is 11.4. The molecule has 9 nitrogen and oxygen atoms in total. The molecule has 0 saturated carbocycles. The lowest BCUT2D eigenvalue weighted by Gasteiger charge is -2.27. The maximum atomic E-state index is 12.3. The molecule has 0 atom stereocenters. The Morgan fingerprint density at radius 1 is 1.30 bits per heavy atom. The molecule has 2 aromatic heterocycles. The van der Waals surface area contributed by atoms with Gasteiger partial charge in [-0.25, -0.2) is 18.4 Å². The molecule has 2 aliphatic rings. The quantitative estimate of drug-likeness (QED) is 0.702. The zero-order chi connectivity index (χ0) is 19.0. The molecule has 146 valence electrons. The second-order valence-electron chi connectivity index (χ2n) is 6.74. The minimum atomic E-state index is -3.53. The van der Waals surface area contributed by atoms with E-state index in [4.69, 9.17) is 4.74 Å². The van der Waals surface area contributed by atoms with E-state index in [1.807, 2.05) is 6.20 Å². The van der Waals surface area contributed by atoms with Gasteiger partial charge in [-0.1, -0.05) is 0 Å². The SMILES string of the molecule is CS(=O)(=O)c1nc2c(c(=O)[nH]1)CN(Cc1cnc(N3CCOCC3)s1)CC2. The molecule has 0 unspecified atom stereocenters. The van der Waals surface area contributed by atoms with Gasteiger partial charge in [0.25, 0.3) is 5.56 Å². The third-order valence-electron chi connectivity index (χ3n) is 4.68. The van der Waals surface area contributed by atoms with Gasteiger partial charge in [0.1, 0.15) is 0 Å². The van der Waals surface area contributed by atoms with Crippen LogP contribution in [0.3, 0.4) is 0 Å². The van der Waals surface area contributed by atoms with Gasteiger partial charge in [-0.15, -0.1) is 11.3 Å². The third kappa shape index (κ3) is 4.05. The number of H-pyrrole nitrogens is 1. The van der Waals surface area contributed by atoms with Crippen LogP contribution in [0.25, 0.3) is 0 Å². The average molecular weight is 412 g/mol. The number of aromatic nitrogens is 3. The van der Waals surface area contributed by atoms with Crippen LogP contribution >= 0.6 is 11.3 Å². The molecule has 0 amide bonds. The summed E-state index contributed by atoms with van der Waals surface area (Å²) in [6.45, 7) is 5.03. The molecule has 4 heterocycles. The monoisotopic (exact) mass is 411 g/mol. The fourth-order valence-corrected chi connectivity index (χ4v) is 4.82. The molecule has 11 heteroatoms. The third-order valence-corrected chi connectivity index (χ3v) is 6.62. The minimum absolute atomic E-state index is 0.252. The predicted octanol–water partition coefficient (Wildman–Crippen LogP) is 0.0248. The molecule has 0 bridgehead atoms. The fraction of sp³-hybridized carbons (Fsp3) is 0.562. The maximum absolute atomic E-state index is 12.3. The Hall–Kier alpha value is -1.82. The lowest BCUT2D eigenvalue weighted by molar-refractivity contribution is 0.122. The number of anilines is 1. The van der Waals surface area contributed by atoms with Crippen molar-refractivity contribution in [2.24, 2.45) is 0 Å². The van der Waals surface area contributed by atoms with Crippen molar-refractivity contribution in [3.63, 3.8) is 0 Å². The van der Waals surface area contributed by atoms with Crippen LogP contribution in [0.1, 0.15) is 16.1 Å². The van der Waals surface area contributed by atoms with E-state index in [9.17, 15) is 13.2 Å². The molecule has 2 aliphatic heterocycles. The smallest absolute Gasteiger partial charge is 0.256 e. The van der Waals surface area contributed by atoms with Crippen molar-refractivity contribution in [2.45, 2.75) is 24.7 Å². The largest absolute Gasteiger partial charge is 0.378 e. The van der Waals surface area contributed by atoms with Crippen molar-refractivity contribution >= 4 is 26.3 Å². The molecule has 27 heavy (non-hydrogen) atoms. The highest BCUT2D eigenvalue weighted by Crippen LogP contribution is 2.26. The van der Waals surface area contributed by atoms with Gasteiger partial charge < -0.3 is 9.64 Å². The molecule has 1 N–H and O–H groups in total. The minimum Gasteiger partial charge on any atom is -0.378 e. The lowest BCUT2D eigenvalue weighted by atomic mass is 10.1. The topological polar surface area (TPSA) is 108 Å². The summed E-state index contributed by atoms with van der Waals surface area (Å²) in [5, 5.41) is 0.750. The van der Waals surface area contributed by atoms with E-state index in [1.54, 1.807) is 11.3 Å². The van der Waals surface area contributed by atoms with Crippen LogP contribution in [0.5, 0.6) is 0 Å². The first kappa shape index (κ1) is 18.5. The molecular formula is C16H21N5O4S2. The number of sulfone groups is 1. The van der Waals surface area contributed by atoms with E-state index in [0.29, 0.717) is 30.8 Å². The Labute approximate surface area is 160 Å². The number of fused-ring (bicyclic) bond motifs is 1. The number of rotatable bonds is 4. The highest BCUT2D eigenvalue weighted by atomic mass is 32.2. The van der Waals surface area contributed by atoms with Gasteiger partial charge in [-0.3, -0.25) is 14.7 Å². The van der Waals surface area contributed by atoms with Crippen LogP contribution in [0.15, 0.2) is 16.1 Å². The first-order valence-electron chi connectivity index (χ1n) is 8.72. The normalized spacial score (nSPS) is 18.5. The van der Waals surface area contributed by atoms with Crippen LogP contribution in [-0.4, -0.2) is 67.4 Å². The summed E-state index contributed by atoms with van der Waals surface area (Å²) in [5.74, 6) is 0. The number of aromatic amines is 1. The van der Waals surface area contributed by atoms with Gasteiger partial charge >= 0.3 is 0 Å². The van der Waals surface area contributed by atoms with Gasteiger partial charge in [-0.2, -0.15) is 0 Å². The first-order chi connectivity index (χ1) is 12.9. The maximum Gasteiger partial charge on any atom is 0.256 e. The standard InChI is InChI=1S/C16H21N5O4S2/c1-27(23,24)15-18-13-2-3-20(10-12(13)14(22)19-15)9-11-8-17-16(26-11)21-4-6-25-7-5-21/h8H,2-7,9-10H2,1H3,(H,18,19,22). The summed E-state index contributed by atoms with van der Waals surface area (Å²) >= 11 is 1.66. The van der Waals surface area contributed by atoms with Gasteiger partial charge in [0.05, 0.1) is 24.5 Å². The van der Waals surface area contributed by atoms with Crippen LogP contribution in [-0.2, 0) is 34.1 Å². The number of nitrogens with one attached hydrogen (secondary N) is 1. The molecule has 0 aromatic carbocycles. The number of hydrogen-bond donors (Lipinski definition) is 1. The van der Waals surface area contributed by atoms with E-state index < -0.39 is 9.84 Å². The molecule has 0 spiro atoms. The average Bonchev–Trinajstić information content (AvgIpc) is 3.10. The lowest BCUT2D eigenvalue weighted by Crippen LogP contribution is -2.36. The fourth-order valence-electron chi connectivity index (χ4n) is 3.26. The van der Waals surface area contributed by atoms with Crippen LogP contribution in [0.2, 0.25) is 0 Å². The van der Waals surface area contributed by atoms with Crippen molar-refractivity contribution in [1.29, 1.82) is 0 Å². The van der Waals surface area contributed by atoms with Crippen molar-refractivity contribution < 1.29 is 13.2 Å². The summed E-state index contributed by atoms with van der Waals surface area (Å²) in [6.07, 6.45) is 3.49. The van der Waals surface area contributed by atoms with Gasteiger partial charge in [0, 0.05) is 56.5 Å². The Morgan fingerprint density at radius 2 is 2.07 bits per heavy atom. The van der Waals surface area contributed by atoms with Crippen LogP contribution in [0.4, 0.5) is 5.13 Å². The molecule has 4 rings (SSSR count).